The lowest BCUT2D eigenvalue weighted by molar-refractivity contribution is -0.140. The molecular weight excluding hydrogens is 410 g/mol. The smallest absolute Gasteiger partial charge is 0.387 e. The van der Waals surface area contributed by atoms with Gasteiger partial charge in [0.2, 0.25) is 5.91 Å². The predicted molar refractivity (Wildman–Crippen MR) is 114 cm³/mol. The first-order chi connectivity index (χ1) is 14.1. The third-order valence-corrected chi connectivity index (χ3v) is 5.73. The molecule has 1 aliphatic heterocycles. The molecule has 0 unspecified atom stereocenters. The molecule has 1 aliphatic carbocycles. The lowest BCUT2D eigenvalue weighted by Gasteiger charge is -2.25. The molecule has 0 bridgehead atoms. The van der Waals surface area contributed by atoms with Gasteiger partial charge in [-0.2, -0.15) is 8.78 Å². The molecule has 0 saturated heterocycles. The van der Waals surface area contributed by atoms with E-state index in [4.69, 9.17) is 16.3 Å². The Morgan fingerprint density at radius 1 is 1.23 bits per heavy atom. The third kappa shape index (κ3) is 4.24. The standard InChI is InChI=1S/C23H25ClF2N2O2/c1-23(2,3)21(29)28-11-14-9-13(10-18(24)17(14)12-28)16-5-4-6-19(27-15-7-8-15)20(16)30-22(25)26/h4-6,9-10,15,22,27H,7-8,11-12H2,1-3H3. The number of ether oxygens (including phenoxy) is 1. The van der Waals surface area contributed by atoms with E-state index in [2.05, 4.69) is 5.32 Å². The van der Waals surface area contributed by atoms with Gasteiger partial charge in [-0.3, -0.25) is 4.79 Å². The molecule has 2 aromatic rings. The molecule has 1 fully saturated rings. The highest BCUT2D eigenvalue weighted by Gasteiger charge is 2.33. The van der Waals surface area contributed by atoms with Crippen LogP contribution in [0.15, 0.2) is 30.3 Å². The van der Waals surface area contributed by atoms with E-state index >= 15 is 0 Å². The Hall–Kier alpha value is -2.34. The summed E-state index contributed by atoms with van der Waals surface area (Å²) in [5, 5.41) is 3.78. The summed E-state index contributed by atoms with van der Waals surface area (Å²) in [6.07, 6.45) is 2.03. The SMILES string of the molecule is CC(C)(C)C(=O)N1Cc2cc(-c3cccc(NC4CC4)c3OC(F)F)cc(Cl)c2C1. The number of carbonyl (C=O) groups is 1. The van der Waals surface area contributed by atoms with E-state index in [0.717, 1.165) is 24.0 Å². The van der Waals surface area contributed by atoms with Crippen LogP contribution in [0.3, 0.4) is 0 Å². The number of fused-ring (bicyclic) bond motifs is 1. The summed E-state index contributed by atoms with van der Waals surface area (Å²) in [5.41, 5.74) is 3.14. The average Bonchev–Trinajstić information content (AvgIpc) is 3.36. The van der Waals surface area contributed by atoms with E-state index in [9.17, 15) is 13.6 Å². The zero-order valence-electron chi connectivity index (χ0n) is 17.3. The van der Waals surface area contributed by atoms with Gasteiger partial charge in [0.25, 0.3) is 0 Å². The number of alkyl halides is 2. The minimum Gasteiger partial charge on any atom is -0.432 e. The summed E-state index contributed by atoms with van der Waals surface area (Å²) in [7, 11) is 0. The first-order valence-electron chi connectivity index (χ1n) is 10.1. The first kappa shape index (κ1) is 20.9. The van der Waals surface area contributed by atoms with Crippen molar-refractivity contribution in [3.63, 3.8) is 0 Å². The molecule has 7 heteroatoms. The predicted octanol–water partition coefficient (Wildman–Crippen LogP) is 6.07. The molecule has 2 aliphatic rings. The lowest BCUT2D eigenvalue weighted by atomic mass is 9.95. The fourth-order valence-corrected chi connectivity index (χ4v) is 4.08. The minimum absolute atomic E-state index is 0.0497. The highest BCUT2D eigenvalue weighted by Crippen LogP contribution is 2.43. The molecule has 4 rings (SSSR count). The quantitative estimate of drug-likeness (QED) is 0.620. The van der Waals surface area contributed by atoms with E-state index in [1.165, 1.54) is 0 Å². The van der Waals surface area contributed by atoms with Gasteiger partial charge in [-0.15, -0.1) is 0 Å². The molecule has 2 aromatic carbocycles. The molecule has 0 atom stereocenters. The van der Waals surface area contributed by atoms with Gasteiger partial charge in [0.15, 0.2) is 5.75 Å². The van der Waals surface area contributed by atoms with Crippen LogP contribution < -0.4 is 10.1 Å². The number of para-hydroxylation sites is 1. The van der Waals surface area contributed by atoms with E-state index in [1.54, 1.807) is 23.1 Å². The van der Waals surface area contributed by atoms with Crippen molar-refractivity contribution in [3.05, 3.63) is 46.5 Å². The topological polar surface area (TPSA) is 41.6 Å². The van der Waals surface area contributed by atoms with Gasteiger partial charge < -0.3 is 15.0 Å². The van der Waals surface area contributed by atoms with Crippen molar-refractivity contribution in [1.82, 2.24) is 4.90 Å². The number of carbonyl (C=O) groups excluding carboxylic acids is 1. The molecule has 1 amide bonds. The Labute approximate surface area is 180 Å². The lowest BCUT2D eigenvalue weighted by Crippen LogP contribution is -2.35. The van der Waals surface area contributed by atoms with Gasteiger partial charge in [0.05, 0.1) is 5.69 Å². The van der Waals surface area contributed by atoms with Crippen LogP contribution in [0.5, 0.6) is 5.75 Å². The maximum Gasteiger partial charge on any atom is 0.387 e. The van der Waals surface area contributed by atoms with Crippen LogP contribution in [0.4, 0.5) is 14.5 Å². The Bertz CT molecular complexity index is 984. The van der Waals surface area contributed by atoms with Gasteiger partial charge in [0, 0.05) is 35.1 Å². The highest BCUT2D eigenvalue weighted by molar-refractivity contribution is 6.31. The van der Waals surface area contributed by atoms with E-state index in [1.807, 2.05) is 32.9 Å². The van der Waals surface area contributed by atoms with Crippen LogP contribution >= 0.6 is 11.6 Å². The van der Waals surface area contributed by atoms with E-state index < -0.39 is 12.0 Å². The molecular formula is C23H25ClF2N2O2. The van der Waals surface area contributed by atoms with Crippen LogP contribution in [-0.4, -0.2) is 23.5 Å². The van der Waals surface area contributed by atoms with Crippen molar-refractivity contribution in [1.29, 1.82) is 0 Å². The second-order valence-corrected chi connectivity index (χ2v) is 9.39. The Morgan fingerprint density at radius 3 is 2.60 bits per heavy atom. The van der Waals surface area contributed by atoms with Crippen molar-refractivity contribution < 1.29 is 18.3 Å². The zero-order chi connectivity index (χ0) is 21.6. The van der Waals surface area contributed by atoms with Crippen molar-refractivity contribution in [2.75, 3.05) is 5.32 Å². The Morgan fingerprint density at radius 2 is 1.97 bits per heavy atom. The normalized spacial score (nSPS) is 16.0. The van der Waals surface area contributed by atoms with Crippen molar-refractivity contribution in [2.24, 2.45) is 5.41 Å². The van der Waals surface area contributed by atoms with Crippen molar-refractivity contribution in [3.8, 4) is 16.9 Å². The number of benzene rings is 2. The molecule has 0 aromatic heterocycles. The zero-order valence-corrected chi connectivity index (χ0v) is 18.0. The number of amides is 1. The summed E-state index contributed by atoms with van der Waals surface area (Å²) in [5.74, 6) is 0.171. The molecule has 0 radical (unpaired) electrons. The molecule has 30 heavy (non-hydrogen) atoms. The molecule has 1 saturated carbocycles. The fourth-order valence-electron chi connectivity index (χ4n) is 3.78. The van der Waals surface area contributed by atoms with Crippen LogP contribution in [0.2, 0.25) is 5.02 Å². The molecule has 4 nitrogen and oxygen atoms in total. The average molecular weight is 435 g/mol. The number of halogens is 3. The summed E-state index contributed by atoms with van der Waals surface area (Å²) in [6, 6.07) is 9.29. The number of hydrogen-bond donors (Lipinski definition) is 1. The highest BCUT2D eigenvalue weighted by atomic mass is 35.5. The van der Waals surface area contributed by atoms with Crippen molar-refractivity contribution >= 4 is 23.2 Å². The second kappa shape index (κ2) is 7.73. The number of rotatable bonds is 5. The van der Waals surface area contributed by atoms with Crippen LogP contribution in [-0.2, 0) is 17.9 Å². The molecule has 1 heterocycles. The monoisotopic (exact) mass is 434 g/mol. The van der Waals surface area contributed by atoms with Crippen LogP contribution in [0.25, 0.3) is 11.1 Å². The molecule has 160 valence electrons. The summed E-state index contributed by atoms with van der Waals surface area (Å²) < 4.78 is 31.3. The maximum absolute atomic E-state index is 13.2. The fraction of sp³-hybridized carbons (Fsp3) is 0.435. The Kier molecular flexibility index (Phi) is 5.39. The van der Waals surface area contributed by atoms with Gasteiger partial charge >= 0.3 is 6.61 Å². The van der Waals surface area contributed by atoms with E-state index in [0.29, 0.717) is 41.0 Å². The Balaban J connectivity index is 1.71. The number of nitrogens with zero attached hydrogens (tertiary/aromatic N) is 1. The number of hydrogen-bond acceptors (Lipinski definition) is 3. The largest absolute Gasteiger partial charge is 0.432 e. The summed E-state index contributed by atoms with van der Waals surface area (Å²) in [6.45, 7) is 3.63. The van der Waals surface area contributed by atoms with Gasteiger partial charge in [0.1, 0.15) is 0 Å². The third-order valence-electron chi connectivity index (χ3n) is 5.40. The van der Waals surface area contributed by atoms with Gasteiger partial charge in [-0.05, 0) is 47.7 Å². The minimum atomic E-state index is -2.93. The maximum atomic E-state index is 13.2. The summed E-state index contributed by atoms with van der Waals surface area (Å²) >= 11 is 6.56. The van der Waals surface area contributed by atoms with Crippen LogP contribution in [0, 0.1) is 5.41 Å². The summed E-state index contributed by atoms with van der Waals surface area (Å²) in [4.78, 5) is 14.5. The molecule has 1 N–H and O–H groups in total. The van der Waals surface area contributed by atoms with Crippen LogP contribution in [0.1, 0.15) is 44.7 Å². The van der Waals surface area contributed by atoms with Gasteiger partial charge in [-0.1, -0.05) is 44.5 Å². The van der Waals surface area contributed by atoms with E-state index in [-0.39, 0.29) is 11.7 Å². The van der Waals surface area contributed by atoms with Crippen molar-refractivity contribution in [2.45, 2.75) is 59.4 Å². The number of nitrogens with one attached hydrogen (secondary N) is 1. The number of anilines is 1. The van der Waals surface area contributed by atoms with Gasteiger partial charge in [-0.25, -0.2) is 0 Å². The second-order valence-electron chi connectivity index (χ2n) is 8.99. The molecule has 0 spiro atoms. The first-order valence-corrected chi connectivity index (χ1v) is 10.5.